The highest BCUT2D eigenvalue weighted by molar-refractivity contribution is 7.70. The Morgan fingerprint density at radius 2 is 1.80 bits per heavy atom. The summed E-state index contributed by atoms with van der Waals surface area (Å²) in [7, 11) is -0.967. The molecule has 16 heteroatoms. The molecule has 0 spiro atoms. The van der Waals surface area contributed by atoms with Gasteiger partial charge in [0.2, 0.25) is 17.8 Å². The molecule has 282 valence electrons. The molecular formula is C38H41ClFN8O5P. The van der Waals surface area contributed by atoms with E-state index in [1.54, 1.807) is 26.5 Å². The van der Waals surface area contributed by atoms with Crippen molar-refractivity contribution in [3.8, 4) is 5.75 Å². The molecule has 0 bridgehead atoms. The fraction of sp³-hybridized carbons (Fsp3) is 0.342. The molecular weight excluding hydrogens is 734 g/mol. The Labute approximate surface area is 317 Å². The summed E-state index contributed by atoms with van der Waals surface area (Å²) >= 11 is 6.44. The van der Waals surface area contributed by atoms with Gasteiger partial charge in [0.15, 0.2) is 5.82 Å². The first-order chi connectivity index (χ1) is 25.9. The van der Waals surface area contributed by atoms with Crippen molar-refractivity contribution >= 4 is 70.6 Å². The Morgan fingerprint density at radius 1 is 1.02 bits per heavy atom. The molecule has 3 aliphatic rings. The molecule has 1 aromatic heterocycles. The van der Waals surface area contributed by atoms with Gasteiger partial charge in [-0.2, -0.15) is 4.98 Å². The van der Waals surface area contributed by atoms with Crippen LogP contribution in [0.3, 0.4) is 0 Å². The number of fused-ring (bicyclic) bond motifs is 1. The number of methoxy groups -OCH3 is 1. The zero-order valence-corrected chi connectivity index (χ0v) is 31.8. The minimum atomic E-state index is -2.57. The van der Waals surface area contributed by atoms with E-state index in [-0.39, 0.29) is 36.9 Å². The van der Waals surface area contributed by atoms with Crippen molar-refractivity contribution < 1.29 is 28.1 Å². The van der Waals surface area contributed by atoms with Gasteiger partial charge in [-0.25, -0.2) is 9.37 Å². The number of benzene rings is 3. The number of imide groups is 1. The van der Waals surface area contributed by atoms with E-state index in [0.717, 1.165) is 31.6 Å². The van der Waals surface area contributed by atoms with Crippen LogP contribution in [0.5, 0.6) is 5.75 Å². The summed E-state index contributed by atoms with van der Waals surface area (Å²) in [5.74, 6) is -0.436. The second-order valence-electron chi connectivity index (χ2n) is 14.0. The number of carbonyl (C=O) groups is 3. The number of hydrogen-bond acceptors (Lipinski definition) is 11. The van der Waals surface area contributed by atoms with Crippen LogP contribution in [-0.4, -0.2) is 78.2 Å². The van der Waals surface area contributed by atoms with E-state index in [1.165, 1.54) is 17.2 Å². The molecule has 2 fully saturated rings. The normalized spacial score (nSPS) is 17.7. The molecule has 4 aromatic rings. The van der Waals surface area contributed by atoms with E-state index in [4.69, 9.17) is 16.3 Å². The minimum absolute atomic E-state index is 0.163. The fourth-order valence-corrected chi connectivity index (χ4v) is 8.46. The Hall–Kier alpha value is -5.04. The third-order valence-electron chi connectivity index (χ3n) is 10.0. The molecule has 0 aliphatic carbocycles. The summed E-state index contributed by atoms with van der Waals surface area (Å²) < 4.78 is 33.8. The summed E-state index contributed by atoms with van der Waals surface area (Å²) in [6, 6.07) is 15.6. The summed E-state index contributed by atoms with van der Waals surface area (Å²) in [6.45, 7) is 5.48. The molecule has 2 saturated heterocycles. The van der Waals surface area contributed by atoms with Crippen LogP contribution in [0, 0.1) is 5.82 Å². The lowest BCUT2D eigenvalue weighted by molar-refractivity contribution is -0.136. The lowest BCUT2D eigenvalue weighted by Crippen LogP contribution is -2.52. The standard InChI is InChI=1S/C38H41ClFN8O5P/c1-53-32-17-25(8-9-29(32)44-38-42-20-27(39)35(46-38)43-30-6-4-5-7-33(30)54(2,3)52)47-14-12-24(13-15-47)41-19-22-16-23-21-48(37(51)26(23)18-28(22)40)31-10-11-34(49)45-36(31)50/h4-9,16-18,20,24,31,41H,10-15,19,21H2,1-3H3,(H,45,49,50)(H2,42,43,44,46). The van der Waals surface area contributed by atoms with E-state index >= 15 is 4.39 Å². The molecule has 3 amide bonds. The van der Waals surface area contributed by atoms with Gasteiger partial charge in [-0.15, -0.1) is 0 Å². The van der Waals surface area contributed by atoms with Gasteiger partial charge in [0.25, 0.3) is 5.91 Å². The van der Waals surface area contributed by atoms with Crippen LogP contribution in [0.1, 0.15) is 47.2 Å². The number of halogens is 2. The Bertz CT molecular complexity index is 2180. The maximum absolute atomic E-state index is 15.2. The van der Waals surface area contributed by atoms with Crippen molar-refractivity contribution in [3.63, 3.8) is 0 Å². The topological polar surface area (TPSA) is 158 Å². The zero-order valence-electron chi connectivity index (χ0n) is 30.1. The van der Waals surface area contributed by atoms with Gasteiger partial charge in [-0.1, -0.05) is 23.7 Å². The number of anilines is 5. The molecule has 0 saturated carbocycles. The number of nitrogens with zero attached hydrogens (tertiary/aromatic N) is 4. The molecule has 4 heterocycles. The number of aromatic nitrogens is 2. The Kier molecular flexibility index (Phi) is 10.6. The van der Waals surface area contributed by atoms with Crippen LogP contribution < -0.4 is 36.2 Å². The molecule has 1 atom stereocenters. The van der Waals surface area contributed by atoms with E-state index in [9.17, 15) is 18.9 Å². The molecule has 13 nitrogen and oxygen atoms in total. The molecule has 0 radical (unpaired) electrons. The summed E-state index contributed by atoms with van der Waals surface area (Å²) in [5.41, 5.74) is 3.72. The van der Waals surface area contributed by atoms with Crippen LogP contribution in [0.15, 0.2) is 60.8 Å². The predicted molar refractivity (Wildman–Crippen MR) is 207 cm³/mol. The third kappa shape index (κ3) is 7.91. The minimum Gasteiger partial charge on any atom is -0.494 e. The van der Waals surface area contributed by atoms with Gasteiger partial charge >= 0.3 is 0 Å². The quantitative estimate of drug-likeness (QED) is 0.112. The average Bonchev–Trinajstić information content (AvgIpc) is 3.46. The van der Waals surface area contributed by atoms with Crippen molar-refractivity contribution in [3.05, 3.63) is 88.3 Å². The van der Waals surface area contributed by atoms with E-state index < -0.39 is 30.8 Å². The van der Waals surface area contributed by atoms with Gasteiger partial charge in [0.05, 0.1) is 24.7 Å². The average molecular weight is 775 g/mol. The fourth-order valence-electron chi connectivity index (χ4n) is 7.16. The molecule has 4 N–H and O–H groups in total. The Balaban J connectivity index is 0.951. The molecule has 3 aliphatic heterocycles. The highest BCUT2D eigenvalue weighted by atomic mass is 35.5. The van der Waals surface area contributed by atoms with Crippen LogP contribution in [0.25, 0.3) is 0 Å². The van der Waals surface area contributed by atoms with Crippen molar-refractivity contribution in [2.24, 2.45) is 0 Å². The number of ether oxygens (including phenoxy) is 1. The van der Waals surface area contributed by atoms with Crippen molar-refractivity contribution in [2.45, 2.75) is 50.9 Å². The number of carbonyl (C=O) groups excluding carboxylic acids is 3. The number of para-hydroxylation sites is 1. The molecule has 1 unspecified atom stereocenters. The second-order valence-corrected chi connectivity index (χ2v) is 17.6. The van der Waals surface area contributed by atoms with Gasteiger partial charge in [-0.05, 0) is 74.6 Å². The van der Waals surface area contributed by atoms with Crippen molar-refractivity contribution in [1.82, 2.24) is 25.5 Å². The monoisotopic (exact) mass is 774 g/mol. The lowest BCUT2D eigenvalue weighted by atomic mass is 10.0. The predicted octanol–water partition coefficient (Wildman–Crippen LogP) is 5.53. The van der Waals surface area contributed by atoms with Crippen molar-refractivity contribution in [1.29, 1.82) is 0 Å². The van der Waals surface area contributed by atoms with E-state index in [1.807, 2.05) is 42.5 Å². The second kappa shape index (κ2) is 15.4. The Morgan fingerprint density at radius 3 is 2.54 bits per heavy atom. The first-order valence-corrected chi connectivity index (χ1v) is 20.7. The summed E-state index contributed by atoms with van der Waals surface area (Å²) in [4.78, 5) is 49.6. The number of piperidine rings is 2. The molecule has 3 aromatic carbocycles. The summed E-state index contributed by atoms with van der Waals surface area (Å²) in [6.07, 6.45) is 3.58. The van der Waals surface area contributed by atoms with E-state index in [2.05, 4.69) is 36.1 Å². The first-order valence-electron chi connectivity index (χ1n) is 17.7. The maximum atomic E-state index is 15.2. The number of hydrogen-bond donors (Lipinski definition) is 4. The van der Waals surface area contributed by atoms with Crippen LogP contribution in [-0.2, 0) is 27.2 Å². The third-order valence-corrected chi connectivity index (χ3v) is 11.9. The summed E-state index contributed by atoms with van der Waals surface area (Å²) in [5, 5.41) is 13.2. The lowest BCUT2D eigenvalue weighted by Gasteiger charge is -2.34. The molecule has 54 heavy (non-hydrogen) atoms. The van der Waals surface area contributed by atoms with Crippen LogP contribution in [0.4, 0.5) is 33.2 Å². The van der Waals surface area contributed by atoms with Gasteiger partial charge in [0, 0.05) is 66.8 Å². The maximum Gasteiger partial charge on any atom is 0.255 e. The van der Waals surface area contributed by atoms with Crippen molar-refractivity contribution in [2.75, 3.05) is 49.1 Å². The van der Waals surface area contributed by atoms with Gasteiger partial charge < -0.3 is 35.1 Å². The molecule has 7 rings (SSSR count). The van der Waals surface area contributed by atoms with Crippen LogP contribution >= 0.6 is 18.7 Å². The highest BCUT2D eigenvalue weighted by Gasteiger charge is 2.39. The SMILES string of the molecule is COc1cc(N2CCC(NCc3cc4c(cc3F)C(=O)N(C3CCC(=O)NC3=O)C4)CC2)ccc1Nc1ncc(Cl)c(Nc2ccccc2P(C)(C)=O)n1. The number of nitrogens with one attached hydrogen (secondary N) is 4. The van der Waals surface area contributed by atoms with Crippen LogP contribution in [0.2, 0.25) is 5.02 Å². The first kappa shape index (κ1) is 37.3. The van der Waals surface area contributed by atoms with E-state index in [0.29, 0.717) is 56.9 Å². The number of amides is 3. The zero-order chi connectivity index (χ0) is 38.1. The highest BCUT2D eigenvalue weighted by Crippen LogP contribution is 2.39. The van der Waals surface area contributed by atoms with Gasteiger partial charge in [-0.3, -0.25) is 19.7 Å². The van der Waals surface area contributed by atoms with Gasteiger partial charge in [0.1, 0.15) is 29.8 Å². The largest absolute Gasteiger partial charge is 0.494 e. The smallest absolute Gasteiger partial charge is 0.255 e. The number of rotatable bonds is 11.